The van der Waals surface area contributed by atoms with Gasteiger partial charge < -0.3 is 5.73 Å². The molecule has 0 radical (unpaired) electrons. The SMILES string of the molecule is NCc1cc(F)cc(Cn2nc3n(c2=O)CCCC3)c1. The molecule has 0 atom stereocenters. The molecule has 1 aliphatic heterocycles. The Kier molecular flexibility index (Phi) is 3.40. The van der Waals surface area contributed by atoms with Gasteiger partial charge in [0.05, 0.1) is 6.54 Å². The van der Waals surface area contributed by atoms with Crippen molar-refractivity contribution in [1.29, 1.82) is 0 Å². The summed E-state index contributed by atoms with van der Waals surface area (Å²) in [5.74, 6) is 0.497. The number of rotatable bonds is 3. The Morgan fingerprint density at radius 1 is 1.25 bits per heavy atom. The van der Waals surface area contributed by atoms with Crippen molar-refractivity contribution in [2.24, 2.45) is 5.73 Å². The van der Waals surface area contributed by atoms with Crippen LogP contribution in [-0.4, -0.2) is 14.3 Å². The number of aryl methyl sites for hydroxylation is 1. The predicted molar refractivity (Wildman–Crippen MR) is 72.8 cm³/mol. The largest absolute Gasteiger partial charge is 0.346 e. The van der Waals surface area contributed by atoms with E-state index in [0.29, 0.717) is 5.56 Å². The third-order valence-corrected chi connectivity index (χ3v) is 3.62. The minimum absolute atomic E-state index is 0.113. The fourth-order valence-corrected chi connectivity index (χ4v) is 2.65. The van der Waals surface area contributed by atoms with Crippen LogP contribution < -0.4 is 11.4 Å². The lowest BCUT2D eigenvalue weighted by Gasteiger charge is -2.09. The lowest BCUT2D eigenvalue weighted by Crippen LogP contribution is -2.27. The Morgan fingerprint density at radius 3 is 2.80 bits per heavy atom. The Bertz CT molecular complexity index is 689. The molecule has 0 unspecified atom stereocenters. The zero-order valence-corrected chi connectivity index (χ0v) is 11.2. The molecule has 0 saturated heterocycles. The summed E-state index contributed by atoms with van der Waals surface area (Å²) in [6.45, 7) is 1.29. The molecule has 1 aromatic carbocycles. The number of hydrogen-bond acceptors (Lipinski definition) is 3. The van der Waals surface area contributed by atoms with Crippen LogP contribution in [0.4, 0.5) is 4.39 Å². The van der Waals surface area contributed by atoms with Crippen LogP contribution in [0.15, 0.2) is 23.0 Å². The van der Waals surface area contributed by atoms with Gasteiger partial charge in [0.15, 0.2) is 0 Å². The molecular weight excluding hydrogens is 259 g/mol. The summed E-state index contributed by atoms with van der Waals surface area (Å²) in [4.78, 5) is 12.2. The van der Waals surface area contributed by atoms with Crippen LogP contribution in [0.1, 0.15) is 29.8 Å². The van der Waals surface area contributed by atoms with Crippen LogP contribution in [-0.2, 0) is 26.1 Å². The standard InChI is InChI=1S/C14H17FN4O/c15-12-6-10(8-16)5-11(7-12)9-19-14(20)18-4-2-1-3-13(18)17-19/h5-7H,1-4,8-9,16H2. The van der Waals surface area contributed by atoms with E-state index in [1.807, 2.05) is 6.07 Å². The number of halogens is 1. The highest BCUT2D eigenvalue weighted by Gasteiger charge is 2.16. The van der Waals surface area contributed by atoms with Gasteiger partial charge in [-0.25, -0.2) is 13.9 Å². The summed E-state index contributed by atoms with van der Waals surface area (Å²) in [6.07, 6.45) is 2.91. The summed E-state index contributed by atoms with van der Waals surface area (Å²) in [5.41, 5.74) is 6.85. The highest BCUT2D eigenvalue weighted by molar-refractivity contribution is 5.24. The zero-order valence-electron chi connectivity index (χ0n) is 11.2. The van der Waals surface area contributed by atoms with Gasteiger partial charge >= 0.3 is 5.69 Å². The first-order chi connectivity index (χ1) is 9.67. The highest BCUT2D eigenvalue weighted by atomic mass is 19.1. The Balaban J connectivity index is 1.93. The maximum atomic E-state index is 13.5. The molecule has 6 heteroatoms. The second-order valence-corrected chi connectivity index (χ2v) is 5.14. The molecule has 0 bridgehead atoms. The molecule has 5 nitrogen and oxygen atoms in total. The summed E-state index contributed by atoms with van der Waals surface area (Å²) in [5, 5.41) is 4.34. The third kappa shape index (κ3) is 2.38. The van der Waals surface area contributed by atoms with E-state index in [1.54, 1.807) is 4.57 Å². The smallest absolute Gasteiger partial charge is 0.326 e. The van der Waals surface area contributed by atoms with Gasteiger partial charge in [-0.15, -0.1) is 0 Å². The Morgan fingerprint density at radius 2 is 2.05 bits per heavy atom. The molecule has 20 heavy (non-hydrogen) atoms. The third-order valence-electron chi connectivity index (χ3n) is 3.62. The summed E-state index contributed by atoms with van der Waals surface area (Å²) < 4.78 is 16.6. The number of benzene rings is 1. The van der Waals surface area contributed by atoms with Crippen LogP contribution in [0.2, 0.25) is 0 Å². The molecule has 0 aliphatic carbocycles. The summed E-state index contributed by atoms with van der Waals surface area (Å²) >= 11 is 0. The van der Waals surface area contributed by atoms with Crippen LogP contribution in [0.5, 0.6) is 0 Å². The average Bonchev–Trinajstić information content (AvgIpc) is 2.75. The van der Waals surface area contributed by atoms with Gasteiger partial charge in [-0.3, -0.25) is 4.57 Å². The number of fused-ring (bicyclic) bond motifs is 1. The van der Waals surface area contributed by atoms with Crippen molar-refractivity contribution in [3.05, 3.63) is 51.5 Å². The molecule has 2 aromatic rings. The lowest BCUT2D eigenvalue weighted by atomic mass is 10.1. The Hall–Kier alpha value is -1.95. The van der Waals surface area contributed by atoms with Gasteiger partial charge in [0.2, 0.25) is 0 Å². The van der Waals surface area contributed by atoms with Crippen molar-refractivity contribution >= 4 is 0 Å². The second-order valence-electron chi connectivity index (χ2n) is 5.14. The highest BCUT2D eigenvalue weighted by Crippen LogP contribution is 2.12. The van der Waals surface area contributed by atoms with E-state index in [1.165, 1.54) is 16.8 Å². The first-order valence-corrected chi connectivity index (χ1v) is 6.82. The zero-order chi connectivity index (χ0) is 14.1. The maximum Gasteiger partial charge on any atom is 0.346 e. The van der Waals surface area contributed by atoms with E-state index in [2.05, 4.69) is 5.10 Å². The van der Waals surface area contributed by atoms with E-state index in [9.17, 15) is 9.18 Å². The normalized spacial score (nSPS) is 14.3. The van der Waals surface area contributed by atoms with Crippen molar-refractivity contribution in [3.63, 3.8) is 0 Å². The minimum atomic E-state index is -0.333. The van der Waals surface area contributed by atoms with Crippen LogP contribution >= 0.6 is 0 Å². The topological polar surface area (TPSA) is 65.8 Å². The fourth-order valence-electron chi connectivity index (χ4n) is 2.65. The predicted octanol–water partition coefficient (Wildman–Crippen LogP) is 1.03. The quantitative estimate of drug-likeness (QED) is 0.910. The monoisotopic (exact) mass is 276 g/mol. The van der Waals surface area contributed by atoms with Crippen molar-refractivity contribution in [2.75, 3.05) is 0 Å². The molecule has 0 fully saturated rings. The first kappa shape index (κ1) is 13.1. The maximum absolute atomic E-state index is 13.5. The van der Waals surface area contributed by atoms with Crippen LogP contribution in [0.25, 0.3) is 0 Å². The molecule has 3 rings (SSSR count). The molecule has 0 amide bonds. The lowest BCUT2D eigenvalue weighted by molar-refractivity contribution is 0.511. The van der Waals surface area contributed by atoms with Crippen molar-refractivity contribution in [1.82, 2.24) is 14.3 Å². The van der Waals surface area contributed by atoms with Gasteiger partial charge in [-0.2, -0.15) is 5.10 Å². The van der Waals surface area contributed by atoms with Gasteiger partial charge in [0, 0.05) is 19.5 Å². The number of hydrogen-bond donors (Lipinski definition) is 1. The molecule has 2 heterocycles. The number of nitrogens with zero attached hydrogens (tertiary/aromatic N) is 3. The second kappa shape index (κ2) is 5.20. The van der Waals surface area contributed by atoms with Gasteiger partial charge in [-0.1, -0.05) is 6.07 Å². The van der Waals surface area contributed by atoms with E-state index < -0.39 is 0 Å². The first-order valence-electron chi connectivity index (χ1n) is 6.82. The van der Waals surface area contributed by atoms with E-state index in [-0.39, 0.29) is 24.6 Å². The van der Waals surface area contributed by atoms with Gasteiger partial charge in [0.25, 0.3) is 0 Å². The van der Waals surface area contributed by atoms with E-state index >= 15 is 0 Å². The minimum Gasteiger partial charge on any atom is -0.326 e. The van der Waals surface area contributed by atoms with Crippen LogP contribution in [0, 0.1) is 5.82 Å². The van der Waals surface area contributed by atoms with Gasteiger partial charge in [-0.05, 0) is 36.1 Å². The van der Waals surface area contributed by atoms with Gasteiger partial charge in [0.1, 0.15) is 11.6 Å². The van der Waals surface area contributed by atoms with Crippen molar-refractivity contribution in [3.8, 4) is 0 Å². The summed E-state index contributed by atoms with van der Waals surface area (Å²) in [7, 11) is 0. The molecule has 0 saturated carbocycles. The Labute approximate surface area is 115 Å². The number of nitrogens with two attached hydrogens (primary N) is 1. The average molecular weight is 276 g/mol. The fraction of sp³-hybridized carbons (Fsp3) is 0.429. The van der Waals surface area contributed by atoms with Crippen molar-refractivity contribution < 1.29 is 4.39 Å². The van der Waals surface area contributed by atoms with Crippen molar-refractivity contribution in [2.45, 2.75) is 38.9 Å². The summed E-state index contributed by atoms with van der Waals surface area (Å²) in [6, 6.07) is 4.64. The molecule has 1 aromatic heterocycles. The molecule has 1 aliphatic rings. The molecule has 0 spiro atoms. The molecular formula is C14H17FN4O. The molecule has 106 valence electrons. The van der Waals surface area contributed by atoms with Crippen LogP contribution in [0.3, 0.4) is 0 Å². The molecule has 2 N–H and O–H groups in total. The number of aromatic nitrogens is 3. The van der Waals surface area contributed by atoms with E-state index in [0.717, 1.165) is 37.2 Å². The van der Waals surface area contributed by atoms with E-state index in [4.69, 9.17) is 5.73 Å².